The van der Waals surface area contributed by atoms with Gasteiger partial charge in [0.2, 0.25) is 5.91 Å². The van der Waals surface area contributed by atoms with Crippen LogP contribution in [0, 0.1) is 5.92 Å². The molecule has 32 heavy (non-hydrogen) atoms. The maximum Gasteiger partial charge on any atom is 0.416 e. The summed E-state index contributed by atoms with van der Waals surface area (Å²) < 4.78 is 39.5. The van der Waals surface area contributed by atoms with Crippen LogP contribution >= 0.6 is 0 Å². The Morgan fingerprint density at radius 3 is 2.25 bits per heavy atom. The first-order chi connectivity index (χ1) is 15.4. The van der Waals surface area contributed by atoms with Gasteiger partial charge in [0, 0.05) is 6.20 Å². The first-order valence-corrected chi connectivity index (χ1v) is 9.83. The van der Waals surface area contributed by atoms with Gasteiger partial charge in [0.05, 0.1) is 22.6 Å². The number of hydroxylamine groups is 1. The topological polar surface area (TPSA) is 62.7 Å². The van der Waals surface area contributed by atoms with E-state index in [4.69, 9.17) is 4.84 Å². The van der Waals surface area contributed by atoms with Crippen molar-refractivity contribution < 1.29 is 27.6 Å². The molecule has 0 unspecified atom stereocenters. The summed E-state index contributed by atoms with van der Waals surface area (Å²) in [6.07, 6.45) is -4.21. The summed E-state index contributed by atoms with van der Waals surface area (Å²) in [4.78, 5) is 37.6. The van der Waals surface area contributed by atoms with Gasteiger partial charge in [0.15, 0.2) is 6.10 Å². The number of fused-ring (bicyclic) bond motifs is 1. The molecule has 3 aromatic rings. The fraction of sp³-hybridized carbons (Fsp3) is 0.174. The van der Waals surface area contributed by atoms with Crippen molar-refractivity contribution in [1.29, 1.82) is 0 Å². The van der Waals surface area contributed by atoms with Gasteiger partial charge in [-0.05, 0) is 42.5 Å². The van der Waals surface area contributed by atoms with Gasteiger partial charge in [-0.15, -0.1) is 0 Å². The van der Waals surface area contributed by atoms with Crippen molar-refractivity contribution >= 4 is 23.2 Å². The van der Waals surface area contributed by atoms with E-state index in [9.17, 15) is 22.8 Å². The Kier molecular flexibility index (Phi) is 4.70. The molecule has 3 atom stereocenters. The molecule has 2 amide bonds. The number of para-hydroxylation sites is 1. The zero-order chi connectivity index (χ0) is 22.5. The molecule has 2 fully saturated rings. The fourth-order valence-corrected chi connectivity index (χ4v) is 4.14. The molecule has 9 heteroatoms. The van der Waals surface area contributed by atoms with Crippen LogP contribution in [-0.2, 0) is 20.6 Å². The van der Waals surface area contributed by atoms with E-state index in [2.05, 4.69) is 4.98 Å². The Balaban J connectivity index is 1.56. The molecule has 0 bridgehead atoms. The SMILES string of the molecule is O=C1[C@H]2[C@@H](c3ccccn3)N(c3ccccc3)O[C@H]2C(=O)N1c1cccc(C(F)(F)F)c1. The Bertz CT molecular complexity index is 1170. The van der Waals surface area contributed by atoms with Crippen molar-refractivity contribution in [2.24, 2.45) is 5.92 Å². The number of pyridine rings is 1. The minimum absolute atomic E-state index is 0.140. The molecule has 3 heterocycles. The molecule has 1 aromatic heterocycles. The van der Waals surface area contributed by atoms with Gasteiger partial charge in [0.25, 0.3) is 5.91 Å². The van der Waals surface area contributed by atoms with Crippen LogP contribution in [-0.4, -0.2) is 22.9 Å². The summed E-state index contributed by atoms with van der Waals surface area (Å²) in [6, 6.07) is 17.6. The van der Waals surface area contributed by atoms with Crippen LogP contribution in [0.25, 0.3) is 0 Å². The van der Waals surface area contributed by atoms with Gasteiger partial charge in [-0.1, -0.05) is 30.3 Å². The van der Waals surface area contributed by atoms with Crippen LogP contribution in [0.3, 0.4) is 0 Å². The second-order valence-corrected chi connectivity index (χ2v) is 7.47. The molecule has 0 N–H and O–H groups in total. The Labute approximate surface area is 180 Å². The van der Waals surface area contributed by atoms with Gasteiger partial charge in [-0.3, -0.25) is 19.4 Å². The molecule has 2 aromatic carbocycles. The smallest absolute Gasteiger partial charge is 0.273 e. The number of hydrogen-bond donors (Lipinski definition) is 0. The number of aromatic nitrogens is 1. The van der Waals surface area contributed by atoms with Gasteiger partial charge >= 0.3 is 6.18 Å². The van der Waals surface area contributed by atoms with Crippen LogP contribution < -0.4 is 9.96 Å². The second-order valence-electron chi connectivity index (χ2n) is 7.47. The van der Waals surface area contributed by atoms with E-state index in [1.807, 2.05) is 6.07 Å². The highest BCUT2D eigenvalue weighted by atomic mass is 19.4. The van der Waals surface area contributed by atoms with E-state index >= 15 is 0 Å². The Morgan fingerprint density at radius 1 is 0.844 bits per heavy atom. The lowest BCUT2D eigenvalue weighted by Gasteiger charge is -2.28. The summed E-state index contributed by atoms with van der Waals surface area (Å²) >= 11 is 0. The summed E-state index contributed by atoms with van der Waals surface area (Å²) in [6.45, 7) is 0. The zero-order valence-corrected chi connectivity index (χ0v) is 16.4. The summed E-state index contributed by atoms with van der Waals surface area (Å²) in [7, 11) is 0. The van der Waals surface area contributed by atoms with Crippen molar-refractivity contribution in [2.45, 2.75) is 18.3 Å². The number of carbonyl (C=O) groups is 2. The third-order valence-corrected chi connectivity index (χ3v) is 5.55. The standard InChI is InChI=1S/C23H16F3N3O3/c24-23(25,26)14-7-6-10-16(13-14)28-21(30)18-19(17-11-4-5-12-27-17)29(32-20(18)22(28)31)15-8-2-1-3-9-15/h1-13,18-20H/t18-,19+,20+/m0/s1. The number of carbonyl (C=O) groups excluding carboxylic acids is 2. The Hall–Kier alpha value is -3.72. The first-order valence-electron chi connectivity index (χ1n) is 9.83. The molecule has 162 valence electrons. The van der Waals surface area contributed by atoms with E-state index < -0.39 is 41.6 Å². The van der Waals surface area contributed by atoms with Crippen molar-refractivity contribution in [3.8, 4) is 0 Å². The highest BCUT2D eigenvalue weighted by Crippen LogP contribution is 2.47. The number of imide groups is 1. The van der Waals surface area contributed by atoms with Crippen LogP contribution in [0.15, 0.2) is 79.0 Å². The lowest BCUT2D eigenvalue weighted by molar-refractivity contribution is -0.137. The molecule has 0 saturated carbocycles. The molecule has 0 aliphatic carbocycles. The summed E-state index contributed by atoms with van der Waals surface area (Å²) in [5.74, 6) is -2.31. The number of halogens is 3. The van der Waals surface area contributed by atoms with Crippen LogP contribution in [0.1, 0.15) is 17.3 Å². The highest BCUT2D eigenvalue weighted by molar-refractivity contribution is 6.23. The van der Waals surface area contributed by atoms with Gasteiger partial charge in [-0.2, -0.15) is 13.2 Å². The fourth-order valence-electron chi connectivity index (χ4n) is 4.14. The number of hydrogen-bond acceptors (Lipinski definition) is 5. The van der Waals surface area contributed by atoms with E-state index in [0.29, 0.717) is 11.4 Å². The third-order valence-electron chi connectivity index (χ3n) is 5.55. The average molecular weight is 439 g/mol. The predicted octanol–water partition coefficient (Wildman–Crippen LogP) is 4.15. The largest absolute Gasteiger partial charge is 0.416 e. The first kappa shape index (κ1) is 20.2. The summed E-state index contributed by atoms with van der Waals surface area (Å²) in [5.41, 5.74) is 0.0549. The van der Waals surface area contributed by atoms with Crippen LogP contribution in [0.5, 0.6) is 0 Å². The van der Waals surface area contributed by atoms with Crippen molar-refractivity contribution in [3.05, 3.63) is 90.3 Å². The van der Waals surface area contributed by atoms with E-state index in [1.165, 1.54) is 17.2 Å². The normalized spacial score (nSPS) is 23.0. The number of benzene rings is 2. The predicted molar refractivity (Wildman–Crippen MR) is 108 cm³/mol. The van der Waals surface area contributed by atoms with Gasteiger partial charge in [-0.25, -0.2) is 9.96 Å². The quantitative estimate of drug-likeness (QED) is 0.574. The monoisotopic (exact) mass is 439 g/mol. The van der Waals surface area contributed by atoms with Gasteiger partial charge in [0.1, 0.15) is 12.0 Å². The number of alkyl halides is 3. The van der Waals surface area contributed by atoms with Gasteiger partial charge < -0.3 is 0 Å². The maximum absolute atomic E-state index is 13.4. The number of amides is 2. The van der Waals surface area contributed by atoms with Crippen molar-refractivity contribution in [1.82, 2.24) is 4.98 Å². The third kappa shape index (κ3) is 3.21. The van der Waals surface area contributed by atoms with Crippen molar-refractivity contribution in [2.75, 3.05) is 9.96 Å². The van der Waals surface area contributed by atoms with E-state index in [1.54, 1.807) is 48.7 Å². The molecule has 5 rings (SSSR count). The molecule has 0 spiro atoms. The molecular formula is C23H16F3N3O3. The molecule has 0 radical (unpaired) electrons. The minimum atomic E-state index is -4.60. The highest BCUT2D eigenvalue weighted by Gasteiger charge is 2.60. The molecule has 6 nitrogen and oxygen atoms in total. The Morgan fingerprint density at radius 2 is 1.56 bits per heavy atom. The molecular weight excluding hydrogens is 423 g/mol. The number of rotatable bonds is 3. The van der Waals surface area contributed by atoms with Crippen LogP contribution in [0.4, 0.5) is 24.5 Å². The summed E-state index contributed by atoms with van der Waals surface area (Å²) in [5, 5.41) is 1.48. The van der Waals surface area contributed by atoms with E-state index in [0.717, 1.165) is 17.0 Å². The second kappa shape index (κ2) is 7.45. The zero-order valence-electron chi connectivity index (χ0n) is 16.4. The minimum Gasteiger partial charge on any atom is -0.273 e. The lowest BCUT2D eigenvalue weighted by atomic mass is 9.93. The number of anilines is 2. The molecule has 2 saturated heterocycles. The lowest BCUT2D eigenvalue weighted by Crippen LogP contribution is -2.37. The average Bonchev–Trinajstić information content (AvgIpc) is 3.30. The number of nitrogens with zero attached hydrogens (tertiary/aromatic N) is 3. The molecule has 2 aliphatic heterocycles. The van der Waals surface area contributed by atoms with E-state index in [-0.39, 0.29) is 5.69 Å². The van der Waals surface area contributed by atoms with Crippen molar-refractivity contribution in [3.63, 3.8) is 0 Å². The maximum atomic E-state index is 13.4. The molecule has 2 aliphatic rings. The van der Waals surface area contributed by atoms with Crippen LogP contribution in [0.2, 0.25) is 0 Å².